The first-order valence-corrected chi connectivity index (χ1v) is 6.31. The predicted molar refractivity (Wildman–Crippen MR) is 72.1 cm³/mol. The summed E-state index contributed by atoms with van der Waals surface area (Å²) in [6.07, 6.45) is 1.77. The Morgan fingerprint density at radius 2 is 2.11 bits per heavy atom. The summed E-state index contributed by atoms with van der Waals surface area (Å²) in [5.41, 5.74) is 0.276. The van der Waals surface area contributed by atoms with Crippen molar-refractivity contribution in [1.82, 2.24) is 5.32 Å². The van der Waals surface area contributed by atoms with Crippen LogP contribution in [0.25, 0.3) is 0 Å². The highest BCUT2D eigenvalue weighted by molar-refractivity contribution is 6.04. The molecule has 0 aliphatic carbocycles. The Bertz CT molecular complexity index is 493. The molecule has 0 bridgehead atoms. The number of rotatable bonds is 3. The van der Waals surface area contributed by atoms with E-state index in [1.807, 2.05) is 6.92 Å². The molecule has 1 fully saturated rings. The molecule has 0 spiro atoms. The number of benzene rings is 1. The first-order valence-electron chi connectivity index (χ1n) is 6.31. The van der Waals surface area contributed by atoms with Crippen LogP contribution in [0.1, 0.15) is 30.1 Å². The van der Waals surface area contributed by atoms with Gasteiger partial charge >= 0.3 is 5.97 Å². The molecule has 1 aliphatic rings. The van der Waals surface area contributed by atoms with Crippen LogP contribution in [-0.2, 0) is 9.53 Å². The van der Waals surface area contributed by atoms with Crippen LogP contribution in [0.4, 0.5) is 5.69 Å². The molecular formula is C14H18N2O3. The van der Waals surface area contributed by atoms with Crippen molar-refractivity contribution in [3.8, 4) is 0 Å². The number of esters is 1. The van der Waals surface area contributed by atoms with Crippen LogP contribution in [0.5, 0.6) is 0 Å². The summed E-state index contributed by atoms with van der Waals surface area (Å²) in [7, 11) is 1.32. The van der Waals surface area contributed by atoms with Crippen molar-refractivity contribution >= 4 is 17.6 Å². The quantitative estimate of drug-likeness (QED) is 0.811. The van der Waals surface area contributed by atoms with Gasteiger partial charge in [-0.2, -0.15) is 0 Å². The van der Waals surface area contributed by atoms with Crippen LogP contribution in [0.2, 0.25) is 0 Å². The molecule has 5 heteroatoms. The maximum Gasteiger partial charge on any atom is 0.339 e. The summed E-state index contributed by atoms with van der Waals surface area (Å²) in [4.78, 5) is 23.9. The number of nitrogens with one attached hydrogen (secondary N) is 2. The van der Waals surface area contributed by atoms with Gasteiger partial charge in [0.05, 0.1) is 23.9 Å². The van der Waals surface area contributed by atoms with E-state index >= 15 is 0 Å². The number of carbonyl (C=O) groups is 2. The van der Waals surface area contributed by atoms with E-state index in [-0.39, 0.29) is 5.91 Å². The maximum atomic E-state index is 12.3. The largest absolute Gasteiger partial charge is 0.465 e. The molecule has 0 saturated carbocycles. The topological polar surface area (TPSA) is 67.4 Å². The molecule has 102 valence electrons. The zero-order chi connectivity index (χ0) is 13.9. The second kappa shape index (κ2) is 5.40. The average molecular weight is 262 g/mol. The highest BCUT2D eigenvalue weighted by atomic mass is 16.5. The normalized spacial score (nSPS) is 22.0. The van der Waals surface area contributed by atoms with E-state index < -0.39 is 11.5 Å². The molecule has 2 N–H and O–H groups in total. The number of anilines is 1. The van der Waals surface area contributed by atoms with Crippen LogP contribution < -0.4 is 10.6 Å². The van der Waals surface area contributed by atoms with Crippen LogP contribution in [0.3, 0.4) is 0 Å². The standard InChI is InChI=1S/C14H18N2O3/c1-14(8-5-9-15-14)13(18)16-11-7-4-3-6-10(11)12(17)19-2/h3-4,6-7,15H,5,8-9H2,1-2H3,(H,16,18). The molecule has 5 nitrogen and oxygen atoms in total. The van der Waals surface area contributed by atoms with Gasteiger partial charge in [-0.3, -0.25) is 4.79 Å². The molecule has 1 aliphatic heterocycles. The number of carbonyl (C=O) groups excluding carboxylic acids is 2. The van der Waals surface area contributed by atoms with E-state index in [0.29, 0.717) is 11.3 Å². The summed E-state index contributed by atoms with van der Waals surface area (Å²) in [6.45, 7) is 2.71. The third-order valence-corrected chi connectivity index (χ3v) is 3.45. The lowest BCUT2D eigenvalue weighted by Gasteiger charge is -2.23. The van der Waals surface area contributed by atoms with E-state index in [1.165, 1.54) is 7.11 Å². The smallest absolute Gasteiger partial charge is 0.339 e. The van der Waals surface area contributed by atoms with Crippen LogP contribution in [-0.4, -0.2) is 31.1 Å². The Morgan fingerprint density at radius 3 is 2.74 bits per heavy atom. The van der Waals surface area contributed by atoms with Crippen LogP contribution >= 0.6 is 0 Å². The Kier molecular flexibility index (Phi) is 3.85. The minimum Gasteiger partial charge on any atom is -0.465 e. The molecular weight excluding hydrogens is 244 g/mol. The summed E-state index contributed by atoms with van der Waals surface area (Å²) in [5, 5.41) is 5.99. The monoisotopic (exact) mass is 262 g/mol. The summed E-state index contributed by atoms with van der Waals surface area (Å²) >= 11 is 0. The first-order chi connectivity index (χ1) is 9.07. The molecule has 1 saturated heterocycles. The fraction of sp³-hybridized carbons (Fsp3) is 0.429. The fourth-order valence-electron chi connectivity index (χ4n) is 2.23. The van der Waals surface area contributed by atoms with E-state index in [0.717, 1.165) is 19.4 Å². The molecule has 1 aromatic carbocycles. The second-order valence-electron chi connectivity index (χ2n) is 4.85. The lowest BCUT2D eigenvalue weighted by molar-refractivity contribution is -0.121. The van der Waals surface area contributed by atoms with Crippen molar-refractivity contribution < 1.29 is 14.3 Å². The Morgan fingerprint density at radius 1 is 1.37 bits per heavy atom. The Labute approximate surface area is 112 Å². The lowest BCUT2D eigenvalue weighted by Crippen LogP contribution is -2.48. The van der Waals surface area contributed by atoms with E-state index in [1.54, 1.807) is 24.3 Å². The van der Waals surface area contributed by atoms with E-state index in [9.17, 15) is 9.59 Å². The van der Waals surface area contributed by atoms with Crippen LogP contribution in [0.15, 0.2) is 24.3 Å². The van der Waals surface area contributed by atoms with Gasteiger partial charge in [0.15, 0.2) is 0 Å². The molecule has 1 amide bonds. The van der Waals surface area contributed by atoms with Gasteiger partial charge in [-0.15, -0.1) is 0 Å². The van der Waals surface area contributed by atoms with Gasteiger partial charge < -0.3 is 15.4 Å². The SMILES string of the molecule is COC(=O)c1ccccc1NC(=O)C1(C)CCCN1. The third-order valence-electron chi connectivity index (χ3n) is 3.45. The van der Waals surface area contributed by atoms with Gasteiger partial charge in [-0.05, 0) is 38.4 Å². The molecule has 1 unspecified atom stereocenters. The van der Waals surface area contributed by atoms with Gasteiger partial charge in [0.25, 0.3) is 0 Å². The zero-order valence-corrected chi connectivity index (χ0v) is 11.2. The lowest BCUT2D eigenvalue weighted by atomic mass is 9.99. The molecule has 0 aromatic heterocycles. The van der Waals surface area contributed by atoms with Gasteiger partial charge in [0, 0.05) is 0 Å². The number of amides is 1. The van der Waals surface area contributed by atoms with Crippen molar-refractivity contribution in [2.75, 3.05) is 19.0 Å². The van der Waals surface area contributed by atoms with Crippen molar-refractivity contribution in [2.24, 2.45) is 0 Å². The summed E-state index contributed by atoms with van der Waals surface area (Å²) < 4.78 is 4.70. The fourth-order valence-corrected chi connectivity index (χ4v) is 2.23. The minimum absolute atomic E-state index is 0.124. The number of methoxy groups -OCH3 is 1. The van der Waals surface area contributed by atoms with Crippen molar-refractivity contribution in [1.29, 1.82) is 0 Å². The number of ether oxygens (including phenoxy) is 1. The highest BCUT2D eigenvalue weighted by Gasteiger charge is 2.36. The predicted octanol–water partition coefficient (Wildman–Crippen LogP) is 1.55. The van der Waals surface area contributed by atoms with Gasteiger partial charge in [0.1, 0.15) is 0 Å². The van der Waals surface area contributed by atoms with E-state index in [2.05, 4.69) is 10.6 Å². The van der Waals surface area contributed by atoms with Gasteiger partial charge in [-0.1, -0.05) is 12.1 Å². The Balaban J connectivity index is 2.19. The summed E-state index contributed by atoms with van der Waals surface area (Å²) in [6, 6.07) is 6.83. The highest BCUT2D eigenvalue weighted by Crippen LogP contribution is 2.22. The first kappa shape index (κ1) is 13.5. The summed E-state index contributed by atoms with van der Waals surface area (Å²) in [5.74, 6) is -0.582. The zero-order valence-electron chi connectivity index (χ0n) is 11.2. The molecule has 19 heavy (non-hydrogen) atoms. The van der Waals surface area contributed by atoms with Gasteiger partial charge in [-0.25, -0.2) is 4.79 Å². The number of hydrogen-bond donors (Lipinski definition) is 2. The van der Waals surface area contributed by atoms with Crippen LogP contribution in [0, 0.1) is 0 Å². The molecule has 1 atom stereocenters. The molecule has 0 radical (unpaired) electrons. The third kappa shape index (κ3) is 2.76. The second-order valence-corrected chi connectivity index (χ2v) is 4.85. The average Bonchev–Trinajstić information content (AvgIpc) is 2.87. The van der Waals surface area contributed by atoms with Gasteiger partial charge in [0.2, 0.25) is 5.91 Å². The number of para-hydroxylation sites is 1. The van der Waals surface area contributed by atoms with Crippen molar-refractivity contribution in [3.05, 3.63) is 29.8 Å². The Hall–Kier alpha value is -1.88. The molecule has 1 aromatic rings. The number of hydrogen-bond acceptors (Lipinski definition) is 4. The minimum atomic E-state index is -0.566. The van der Waals surface area contributed by atoms with Crippen molar-refractivity contribution in [3.63, 3.8) is 0 Å². The van der Waals surface area contributed by atoms with Crippen molar-refractivity contribution in [2.45, 2.75) is 25.3 Å². The van der Waals surface area contributed by atoms with E-state index in [4.69, 9.17) is 4.74 Å². The maximum absolute atomic E-state index is 12.3. The molecule has 1 heterocycles. The molecule has 2 rings (SSSR count).